The molecular formula is C17H27NO5. The number of nitrogens with zero attached hydrogens (tertiary/aromatic N) is 1. The van der Waals surface area contributed by atoms with E-state index in [2.05, 4.69) is 5.16 Å². The zero-order chi connectivity index (χ0) is 16.4. The van der Waals surface area contributed by atoms with Crippen molar-refractivity contribution in [3.05, 3.63) is 0 Å². The maximum atomic E-state index is 10.4. The van der Waals surface area contributed by atoms with Gasteiger partial charge in [-0.3, -0.25) is 0 Å². The summed E-state index contributed by atoms with van der Waals surface area (Å²) < 4.78 is 0. The zero-order valence-corrected chi connectivity index (χ0v) is 13.4. The van der Waals surface area contributed by atoms with Gasteiger partial charge in [0.2, 0.25) is 6.61 Å². The van der Waals surface area contributed by atoms with Crippen molar-refractivity contribution in [3.8, 4) is 0 Å². The molecule has 0 aliphatic heterocycles. The Labute approximate surface area is 136 Å². The standard InChI is InChI=1S/C17H27NO5/c19-15(10-3-1-2-4-10)6-5-11-12-7-14(13(12)8-16(11)20)18-23-9-17(21)22/h10-13,15-16,19-20H,1-9H2,(H,21,22)/b18-14-. The van der Waals surface area contributed by atoms with Crippen LogP contribution in [-0.2, 0) is 9.63 Å². The molecule has 0 aromatic carbocycles. The Morgan fingerprint density at radius 3 is 2.78 bits per heavy atom. The van der Waals surface area contributed by atoms with Crippen molar-refractivity contribution in [2.75, 3.05) is 6.61 Å². The first kappa shape index (κ1) is 16.7. The number of oxime groups is 1. The van der Waals surface area contributed by atoms with Gasteiger partial charge in [0.05, 0.1) is 17.9 Å². The van der Waals surface area contributed by atoms with Gasteiger partial charge in [-0.1, -0.05) is 18.0 Å². The summed E-state index contributed by atoms with van der Waals surface area (Å²) in [4.78, 5) is 15.2. The van der Waals surface area contributed by atoms with Gasteiger partial charge in [0.15, 0.2) is 0 Å². The summed E-state index contributed by atoms with van der Waals surface area (Å²) >= 11 is 0. The Morgan fingerprint density at radius 1 is 1.35 bits per heavy atom. The fourth-order valence-electron chi connectivity index (χ4n) is 4.73. The third-order valence-electron chi connectivity index (χ3n) is 6.04. The van der Waals surface area contributed by atoms with Crippen LogP contribution in [0.5, 0.6) is 0 Å². The van der Waals surface area contributed by atoms with Crippen molar-refractivity contribution in [1.82, 2.24) is 0 Å². The number of carbonyl (C=O) groups is 1. The lowest BCUT2D eigenvalue weighted by atomic mass is 9.69. The van der Waals surface area contributed by atoms with Gasteiger partial charge in [-0.2, -0.15) is 0 Å². The maximum Gasteiger partial charge on any atom is 0.344 e. The van der Waals surface area contributed by atoms with E-state index in [1.54, 1.807) is 0 Å². The third-order valence-corrected chi connectivity index (χ3v) is 6.04. The molecule has 5 atom stereocenters. The van der Waals surface area contributed by atoms with Crippen LogP contribution in [0.1, 0.15) is 51.4 Å². The van der Waals surface area contributed by atoms with Crippen LogP contribution in [0.15, 0.2) is 5.16 Å². The zero-order valence-electron chi connectivity index (χ0n) is 13.4. The van der Waals surface area contributed by atoms with Gasteiger partial charge in [0, 0.05) is 5.92 Å². The Hall–Kier alpha value is -1.14. The average molecular weight is 325 g/mol. The minimum atomic E-state index is -1.03. The summed E-state index contributed by atoms with van der Waals surface area (Å²) in [5.41, 5.74) is 0.883. The van der Waals surface area contributed by atoms with Crippen molar-refractivity contribution in [3.63, 3.8) is 0 Å². The normalized spacial score (nSPS) is 36.7. The molecular weight excluding hydrogens is 298 g/mol. The maximum absolute atomic E-state index is 10.4. The first-order chi connectivity index (χ1) is 11.1. The molecule has 6 heteroatoms. The van der Waals surface area contributed by atoms with Crippen LogP contribution in [0.4, 0.5) is 0 Å². The molecule has 3 aliphatic rings. The first-order valence-corrected chi connectivity index (χ1v) is 8.83. The lowest BCUT2D eigenvalue weighted by Gasteiger charge is -2.35. The van der Waals surface area contributed by atoms with E-state index < -0.39 is 12.6 Å². The molecule has 3 N–H and O–H groups in total. The average Bonchev–Trinajstić information content (AvgIpc) is 3.10. The third kappa shape index (κ3) is 3.69. The topological polar surface area (TPSA) is 99.4 Å². The minimum absolute atomic E-state index is 0.226. The predicted molar refractivity (Wildman–Crippen MR) is 83.9 cm³/mol. The largest absolute Gasteiger partial charge is 0.479 e. The predicted octanol–water partition coefficient (Wildman–Crippen LogP) is 1.79. The first-order valence-electron chi connectivity index (χ1n) is 8.83. The molecule has 0 spiro atoms. The monoisotopic (exact) mass is 325 g/mol. The van der Waals surface area contributed by atoms with Gasteiger partial charge >= 0.3 is 5.97 Å². The summed E-state index contributed by atoms with van der Waals surface area (Å²) in [6.45, 7) is -0.416. The van der Waals surface area contributed by atoms with E-state index >= 15 is 0 Å². The molecule has 130 valence electrons. The van der Waals surface area contributed by atoms with Crippen LogP contribution >= 0.6 is 0 Å². The van der Waals surface area contributed by atoms with Gasteiger partial charge < -0.3 is 20.2 Å². The molecule has 0 aromatic heterocycles. The molecule has 0 amide bonds. The highest BCUT2D eigenvalue weighted by molar-refractivity contribution is 5.93. The Bertz CT molecular complexity index is 460. The molecule has 23 heavy (non-hydrogen) atoms. The highest BCUT2D eigenvalue weighted by atomic mass is 16.6. The van der Waals surface area contributed by atoms with Crippen molar-refractivity contribution in [2.24, 2.45) is 28.8 Å². The van der Waals surface area contributed by atoms with Crippen LogP contribution in [0.3, 0.4) is 0 Å². The van der Waals surface area contributed by atoms with E-state index in [1.807, 2.05) is 0 Å². The summed E-state index contributed by atoms with van der Waals surface area (Å²) in [7, 11) is 0. The molecule has 0 saturated heterocycles. The highest BCUT2D eigenvalue weighted by Gasteiger charge is 2.51. The quantitative estimate of drug-likeness (QED) is 0.620. The second kappa shape index (κ2) is 7.18. The summed E-state index contributed by atoms with van der Waals surface area (Å²) in [5.74, 6) is 0.289. The number of hydrogen-bond donors (Lipinski definition) is 3. The van der Waals surface area contributed by atoms with E-state index in [4.69, 9.17) is 9.94 Å². The molecule has 0 radical (unpaired) electrons. The van der Waals surface area contributed by atoms with Crippen LogP contribution in [0.2, 0.25) is 0 Å². The minimum Gasteiger partial charge on any atom is -0.479 e. The Kier molecular flexibility index (Phi) is 5.21. The highest BCUT2D eigenvalue weighted by Crippen LogP contribution is 2.50. The van der Waals surface area contributed by atoms with Gasteiger partial charge in [0.25, 0.3) is 0 Å². The number of aliphatic carboxylic acids is 1. The van der Waals surface area contributed by atoms with Crippen molar-refractivity contribution >= 4 is 11.7 Å². The fraction of sp³-hybridized carbons (Fsp3) is 0.882. The number of hydrogen-bond acceptors (Lipinski definition) is 5. The Balaban J connectivity index is 1.46. The van der Waals surface area contributed by atoms with Gasteiger partial charge in [0.1, 0.15) is 0 Å². The summed E-state index contributed by atoms with van der Waals surface area (Å²) in [6.07, 6.45) is 7.28. The lowest BCUT2D eigenvalue weighted by Crippen LogP contribution is -2.37. The molecule has 3 fully saturated rings. The number of carboxylic acid groups (broad SMARTS) is 1. The Morgan fingerprint density at radius 2 is 2.09 bits per heavy atom. The van der Waals surface area contributed by atoms with Gasteiger partial charge in [-0.05, 0) is 56.3 Å². The molecule has 3 saturated carbocycles. The fourth-order valence-corrected chi connectivity index (χ4v) is 4.73. The van der Waals surface area contributed by atoms with Crippen LogP contribution in [0.25, 0.3) is 0 Å². The molecule has 0 aromatic rings. The van der Waals surface area contributed by atoms with E-state index in [0.717, 1.165) is 37.8 Å². The second-order valence-corrected chi connectivity index (χ2v) is 7.38. The van der Waals surface area contributed by atoms with Crippen molar-refractivity contribution in [2.45, 2.75) is 63.6 Å². The van der Waals surface area contributed by atoms with E-state index in [1.165, 1.54) is 12.8 Å². The van der Waals surface area contributed by atoms with Gasteiger partial charge in [-0.25, -0.2) is 4.79 Å². The molecule has 5 unspecified atom stereocenters. The lowest BCUT2D eigenvalue weighted by molar-refractivity contribution is -0.142. The molecule has 0 bridgehead atoms. The summed E-state index contributed by atoms with van der Waals surface area (Å²) in [5, 5.41) is 33.1. The van der Waals surface area contributed by atoms with Crippen LogP contribution < -0.4 is 0 Å². The number of carboxylic acids is 1. The smallest absolute Gasteiger partial charge is 0.344 e. The van der Waals surface area contributed by atoms with E-state index in [9.17, 15) is 15.0 Å². The van der Waals surface area contributed by atoms with Crippen molar-refractivity contribution in [1.29, 1.82) is 0 Å². The molecule has 0 heterocycles. The number of fused-ring (bicyclic) bond motifs is 1. The summed E-state index contributed by atoms with van der Waals surface area (Å²) in [6, 6.07) is 0. The van der Waals surface area contributed by atoms with Crippen LogP contribution in [-0.4, -0.2) is 45.8 Å². The molecule has 3 aliphatic carbocycles. The van der Waals surface area contributed by atoms with E-state index in [0.29, 0.717) is 18.3 Å². The van der Waals surface area contributed by atoms with Crippen LogP contribution in [0, 0.1) is 23.7 Å². The van der Waals surface area contributed by atoms with Crippen molar-refractivity contribution < 1.29 is 25.0 Å². The van der Waals surface area contributed by atoms with E-state index in [-0.39, 0.29) is 24.0 Å². The number of rotatable bonds is 7. The number of aliphatic hydroxyl groups excluding tert-OH is 2. The SMILES string of the molecule is O=C(O)CO/N=C1/CC2C1CC(O)C2CCC(O)C1CCCC1. The van der Waals surface area contributed by atoms with Gasteiger partial charge in [-0.15, -0.1) is 0 Å². The molecule has 3 rings (SSSR count). The second-order valence-electron chi connectivity index (χ2n) is 7.38. The number of aliphatic hydroxyl groups is 2. The molecule has 6 nitrogen and oxygen atoms in total.